The van der Waals surface area contributed by atoms with Crippen molar-refractivity contribution in [2.75, 3.05) is 26.7 Å². The normalized spacial score (nSPS) is 25.2. The Morgan fingerprint density at radius 1 is 1.47 bits per heavy atom. The van der Waals surface area contributed by atoms with E-state index < -0.39 is 12.0 Å². The Balaban J connectivity index is 2.56. The van der Waals surface area contributed by atoms with Crippen LogP contribution in [0.25, 0.3) is 0 Å². The molecule has 3 atom stereocenters. The van der Waals surface area contributed by atoms with Crippen LogP contribution in [0.4, 0.5) is 0 Å². The van der Waals surface area contributed by atoms with Crippen molar-refractivity contribution in [2.45, 2.75) is 38.8 Å². The molecule has 0 aromatic rings. The molecule has 0 aromatic carbocycles. The van der Waals surface area contributed by atoms with E-state index in [4.69, 9.17) is 0 Å². The minimum atomic E-state index is -0.757. The summed E-state index contributed by atoms with van der Waals surface area (Å²) in [5.74, 6) is -0.503. The van der Waals surface area contributed by atoms with Gasteiger partial charge in [-0.05, 0) is 19.4 Å². The van der Waals surface area contributed by atoms with Crippen molar-refractivity contribution >= 4 is 11.9 Å². The molecular formula is C13H25N3O3. The predicted molar refractivity (Wildman–Crippen MR) is 72.9 cm³/mol. The van der Waals surface area contributed by atoms with E-state index in [-0.39, 0.29) is 11.9 Å². The molecule has 1 rings (SSSR count). The van der Waals surface area contributed by atoms with Gasteiger partial charge in [-0.3, -0.25) is 14.5 Å². The van der Waals surface area contributed by atoms with Crippen LogP contribution < -0.4 is 10.6 Å². The second-order valence-corrected chi connectivity index (χ2v) is 5.24. The van der Waals surface area contributed by atoms with E-state index in [9.17, 15) is 14.7 Å². The highest BCUT2D eigenvalue weighted by Crippen LogP contribution is 2.20. The van der Waals surface area contributed by atoms with Crippen molar-refractivity contribution in [3.63, 3.8) is 0 Å². The number of amides is 1. The molecule has 1 heterocycles. The number of hydrogen-bond donors (Lipinski definition) is 3. The lowest BCUT2D eigenvalue weighted by molar-refractivity contribution is -0.142. The van der Waals surface area contributed by atoms with Crippen molar-refractivity contribution in [1.82, 2.24) is 15.5 Å². The Kier molecular flexibility index (Phi) is 6.24. The number of likely N-dealkylation sites (N-methyl/N-ethyl adjacent to an activating group) is 1. The zero-order chi connectivity index (χ0) is 14.4. The summed E-state index contributed by atoms with van der Waals surface area (Å²) >= 11 is 0. The third kappa shape index (κ3) is 4.80. The number of carboxylic acids is 1. The lowest BCUT2D eigenvalue weighted by atomic mass is 10.1. The molecule has 1 unspecified atom stereocenters. The molecular weight excluding hydrogens is 246 g/mol. The van der Waals surface area contributed by atoms with Crippen LogP contribution in [0.5, 0.6) is 0 Å². The number of nitrogens with one attached hydrogen (secondary N) is 2. The monoisotopic (exact) mass is 271 g/mol. The largest absolute Gasteiger partial charge is 0.480 e. The summed E-state index contributed by atoms with van der Waals surface area (Å²) < 4.78 is 0. The van der Waals surface area contributed by atoms with Crippen LogP contribution in [0.3, 0.4) is 0 Å². The molecule has 1 aliphatic heterocycles. The standard InChI is InChI=1S/C13H25N3O3/c1-4-10(6-15-9(2)17)7-16-8-11(14-3)5-12(16)13(18)19/h10-12,14H,4-8H2,1-3H3,(H,15,17)(H,18,19)/t10?,11-,12-/m1/s1. The SMILES string of the molecule is CCC(CNC(C)=O)CN1C[C@H](NC)C[C@@H]1C(=O)O. The fraction of sp³-hybridized carbons (Fsp3) is 0.846. The molecule has 1 aliphatic rings. The first-order chi connectivity index (χ1) is 8.97. The highest BCUT2D eigenvalue weighted by atomic mass is 16.4. The third-order valence-corrected chi connectivity index (χ3v) is 3.81. The number of likely N-dealkylation sites (tertiary alicyclic amines) is 1. The van der Waals surface area contributed by atoms with Crippen LogP contribution in [-0.4, -0.2) is 60.6 Å². The summed E-state index contributed by atoms with van der Waals surface area (Å²) in [5, 5.41) is 15.2. The number of rotatable bonds is 7. The fourth-order valence-corrected chi connectivity index (χ4v) is 2.53. The van der Waals surface area contributed by atoms with E-state index >= 15 is 0 Å². The topological polar surface area (TPSA) is 81.7 Å². The average molecular weight is 271 g/mol. The van der Waals surface area contributed by atoms with Crippen LogP contribution in [-0.2, 0) is 9.59 Å². The molecule has 6 nitrogen and oxygen atoms in total. The van der Waals surface area contributed by atoms with Crippen molar-refractivity contribution in [1.29, 1.82) is 0 Å². The Morgan fingerprint density at radius 3 is 2.63 bits per heavy atom. The molecule has 0 bridgehead atoms. The van der Waals surface area contributed by atoms with Crippen molar-refractivity contribution in [3.8, 4) is 0 Å². The molecule has 0 spiro atoms. The van der Waals surface area contributed by atoms with Gasteiger partial charge < -0.3 is 15.7 Å². The minimum Gasteiger partial charge on any atom is -0.480 e. The van der Waals surface area contributed by atoms with Gasteiger partial charge in [0.05, 0.1) is 0 Å². The van der Waals surface area contributed by atoms with E-state index in [1.54, 1.807) is 0 Å². The summed E-state index contributed by atoms with van der Waals surface area (Å²) in [7, 11) is 1.86. The van der Waals surface area contributed by atoms with Gasteiger partial charge in [0.15, 0.2) is 0 Å². The molecule has 19 heavy (non-hydrogen) atoms. The van der Waals surface area contributed by atoms with E-state index in [1.165, 1.54) is 6.92 Å². The summed E-state index contributed by atoms with van der Waals surface area (Å²) in [4.78, 5) is 24.2. The summed E-state index contributed by atoms with van der Waals surface area (Å²) in [6, 6.07) is -0.178. The Bertz CT molecular complexity index is 322. The van der Waals surface area contributed by atoms with E-state index in [0.29, 0.717) is 25.4 Å². The van der Waals surface area contributed by atoms with Crippen LogP contribution in [0.2, 0.25) is 0 Å². The summed E-state index contributed by atoms with van der Waals surface area (Å²) in [6.45, 7) is 5.64. The second-order valence-electron chi connectivity index (χ2n) is 5.24. The van der Waals surface area contributed by atoms with Crippen molar-refractivity contribution in [3.05, 3.63) is 0 Å². The molecule has 1 fully saturated rings. The van der Waals surface area contributed by atoms with Gasteiger partial charge in [0.2, 0.25) is 5.91 Å². The molecule has 1 amide bonds. The molecule has 0 aliphatic carbocycles. The first-order valence-electron chi connectivity index (χ1n) is 6.86. The number of aliphatic carboxylic acids is 1. The molecule has 0 aromatic heterocycles. The van der Waals surface area contributed by atoms with Crippen LogP contribution in [0.15, 0.2) is 0 Å². The van der Waals surface area contributed by atoms with Gasteiger partial charge in [-0.1, -0.05) is 13.3 Å². The molecule has 3 N–H and O–H groups in total. The Hall–Kier alpha value is -1.14. The van der Waals surface area contributed by atoms with Gasteiger partial charge in [-0.2, -0.15) is 0 Å². The van der Waals surface area contributed by atoms with E-state index in [1.807, 2.05) is 11.9 Å². The third-order valence-electron chi connectivity index (χ3n) is 3.81. The number of hydrogen-bond acceptors (Lipinski definition) is 4. The number of carbonyl (C=O) groups is 2. The predicted octanol–water partition coefficient (Wildman–Crippen LogP) is -0.104. The van der Waals surface area contributed by atoms with Crippen LogP contribution in [0, 0.1) is 5.92 Å². The first kappa shape index (κ1) is 15.9. The molecule has 6 heteroatoms. The maximum atomic E-state index is 11.3. The highest BCUT2D eigenvalue weighted by Gasteiger charge is 2.36. The number of nitrogens with zero attached hydrogens (tertiary/aromatic N) is 1. The van der Waals surface area contributed by atoms with Crippen molar-refractivity contribution < 1.29 is 14.7 Å². The first-order valence-corrected chi connectivity index (χ1v) is 6.86. The van der Waals surface area contributed by atoms with Gasteiger partial charge in [0, 0.05) is 32.6 Å². The average Bonchev–Trinajstić information content (AvgIpc) is 2.77. The van der Waals surface area contributed by atoms with Crippen molar-refractivity contribution in [2.24, 2.45) is 5.92 Å². The zero-order valence-electron chi connectivity index (χ0n) is 12.0. The maximum Gasteiger partial charge on any atom is 0.320 e. The lowest BCUT2D eigenvalue weighted by Crippen LogP contribution is -2.42. The number of carbonyl (C=O) groups excluding carboxylic acids is 1. The van der Waals surface area contributed by atoms with E-state index in [0.717, 1.165) is 13.0 Å². The minimum absolute atomic E-state index is 0.0391. The molecule has 0 radical (unpaired) electrons. The lowest BCUT2D eigenvalue weighted by Gasteiger charge is -2.26. The molecule has 110 valence electrons. The second kappa shape index (κ2) is 7.45. The fourth-order valence-electron chi connectivity index (χ4n) is 2.53. The summed E-state index contributed by atoms with van der Waals surface area (Å²) in [5.41, 5.74) is 0. The molecule has 0 saturated carbocycles. The highest BCUT2D eigenvalue weighted by molar-refractivity contribution is 5.74. The quantitative estimate of drug-likeness (QED) is 0.602. The van der Waals surface area contributed by atoms with Gasteiger partial charge in [0.1, 0.15) is 6.04 Å². The Labute approximate surface area is 114 Å². The van der Waals surface area contributed by atoms with Gasteiger partial charge >= 0.3 is 5.97 Å². The van der Waals surface area contributed by atoms with E-state index in [2.05, 4.69) is 17.6 Å². The van der Waals surface area contributed by atoms with Gasteiger partial charge in [-0.15, -0.1) is 0 Å². The molecule has 1 saturated heterocycles. The summed E-state index contributed by atoms with van der Waals surface area (Å²) in [6.07, 6.45) is 1.57. The zero-order valence-corrected chi connectivity index (χ0v) is 12.0. The smallest absolute Gasteiger partial charge is 0.320 e. The maximum absolute atomic E-state index is 11.3. The van der Waals surface area contributed by atoms with Gasteiger partial charge in [0.25, 0.3) is 0 Å². The Morgan fingerprint density at radius 2 is 2.16 bits per heavy atom. The van der Waals surface area contributed by atoms with Crippen LogP contribution in [0.1, 0.15) is 26.7 Å². The van der Waals surface area contributed by atoms with Crippen LogP contribution >= 0.6 is 0 Å². The van der Waals surface area contributed by atoms with Gasteiger partial charge in [-0.25, -0.2) is 0 Å². The number of carboxylic acid groups (broad SMARTS) is 1.